The lowest BCUT2D eigenvalue weighted by Crippen LogP contribution is -2.10. The number of phosphoric ester groups is 1. The van der Waals surface area contributed by atoms with Crippen molar-refractivity contribution in [2.24, 2.45) is 0 Å². The first-order valence-corrected chi connectivity index (χ1v) is 9.27. The lowest BCUT2D eigenvalue weighted by atomic mass is 10.1. The largest absolute Gasteiger partial charge is 0.756 e. The Labute approximate surface area is 148 Å². The molecule has 1 aromatic heterocycles. The maximum absolute atomic E-state index is 11.0. The fourth-order valence-corrected chi connectivity index (χ4v) is 2.72. The van der Waals surface area contributed by atoms with Crippen molar-refractivity contribution < 1.29 is 28.0 Å². The predicted molar refractivity (Wildman–Crippen MR) is 89.8 cm³/mol. The van der Waals surface area contributed by atoms with Crippen LogP contribution in [0.2, 0.25) is 0 Å². The molecule has 0 radical (unpaired) electrons. The molecule has 0 spiro atoms. The molecule has 2 rings (SSSR count). The standard InChI is InChI=1S/C10H8O3.C4H9Cl2O4P/c1-6-4-10(12)13-9-5-7(11)2-3-8(6)9;5-1-3-9-11(7,8)10-4-2-6/h2-5,11H,1H3;1-4H2,(H,7,8)/p-1. The van der Waals surface area contributed by atoms with E-state index in [1.54, 1.807) is 12.1 Å². The van der Waals surface area contributed by atoms with Gasteiger partial charge in [-0.15, -0.1) is 23.2 Å². The number of phosphoric acid groups is 1. The summed E-state index contributed by atoms with van der Waals surface area (Å²) in [5.74, 6) is 0.314. The van der Waals surface area contributed by atoms with Crippen LogP contribution in [0, 0.1) is 6.92 Å². The van der Waals surface area contributed by atoms with E-state index in [0.717, 1.165) is 10.9 Å². The normalized spacial score (nSPS) is 11.2. The molecule has 0 atom stereocenters. The molecular formula is C14H16Cl2O7P-. The number of fused-ring (bicyclic) bond motifs is 1. The molecule has 10 heteroatoms. The number of phenols is 1. The lowest BCUT2D eigenvalue weighted by Gasteiger charge is -2.21. The molecule has 2 aromatic rings. The van der Waals surface area contributed by atoms with Gasteiger partial charge in [0.25, 0.3) is 7.82 Å². The zero-order valence-electron chi connectivity index (χ0n) is 12.7. The summed E-state index contributed by atoms with van der Waals surface area (Å²) in [5, 5.41) is 9.99. The van der Waals surface area contributed by atoms with E-state index in [-0.39, 0.29) is 30.7 Å². The SMILES string of the molecule is Cc1cc(=O)oc2cc(O)ccc12.O=P([O-])(OCCCl)OCCCl. The third-order valence-corrected chi connectivity index (χ3v) is 3.89. The molecule has 0 bridgehead atoms. The number of phenolic OH excluding ortho intramolecular Hbond substituents is 1. The van der Waals surface area contributed by atoms with Gasteiger partial charge in [-0.3, -0.25) is 4.57 Å². The van der Waals surface area contributed by atoms with Crippen molar-refractivity contribution in [2.45, 2.75) is 6.92 Å². The minimum absolute atomic E-state index is 0.0788. The maximum Gasteiger partial charge on any atom is 0.336 e. The summed E-state index contributed by atoms with van der Waals surface area (Å²) in [5.41, 5.74) is 0.881. The Balaban J connectivity index is 0.000000245. The van der Waals surface area contributed by atoms with E-state index in [1.165, 1.54) is 12.1 Å². The van der Waals surface area contributed by atoms with Crippen molar-refractivity contribution in [3.63, 3.8) is 0 Å². The highest BCUT2D eigenvalue weighted by Gasteiger charge is 2.07. The van der Waals surface area contributed by atoms with E-state index in [9.17, 15) is 14.3 Å². The van der Waals surface area contributed by atoms with Crippen molar-refractivity contribution in [3.05, 3.63) is 40.2 Å². The lowest BCUT2D eigenvalue weighted by molar-refractivity contribution is -0.224. The van der Waals surface area contributed by atoms with Gasteiger partial charge in [0, 0.05) is 29.3 Å². The molecular weight excluding hydrogens is 382 g/mol. The van der Waals surface area contributed by atoms with Crippen LogP contribution in [0.3, 0.4) is 0 Å². The van der Waals surface area contributed by atoms with Gasteiger partial charge in [0.2, 0.25) is 0 Å². The molecule has 134 valence electrons. The summed E-state index contributed by atoms with van der Waals surface area (Å²) in [6.45, 7) is 1.67. The Morgan fingerprint density at radius 3 is 2.33 bits per heavy atom. The van der Waals surface area contributed by atoms with Crippen LogP contribution in [-0.2, 0) is 13.6 Å². The van der Waals surface area contributed by atoms with Gasteiger partial charge in [-0.05, 0) is 24.6 Å². The molecule has 0 aliphatic heterocycles. The van der Waals surface area contributed by atoms with Crippen LogP contribution in [0.15, 0.2) is 33.5 Å². The molecule has 7 nitrogen and oxygen atoms in total. The number of rotatable bonds is 6. The van der Waals surface area contributed by atoms with Crippen molar-refractivity contribution in [2.75, 3.05) is 25.0 Å². The first-order valence-electron chi connectivity index (χ1n) is 6.74. The van der Waals surface area contributed by atoms with Gasteiger partial charge in [-0.25, -0.2) is 4.79 Å². The molecule has 0 aliphatic rings. The fraction of sp³-hybridized carbons (Fsp3) is 0.357. The van der Waals surface area contributed by atoms with Crippen LogP contribution in [-0.4, -0.2) is 30.1 Å². The van der Waals surface area contributed by atoms with Gasteiger partial charge in [0.1, 0.15) is 11.3 Å². The second-order valence-electron chi connectivity index (χ2n) is 4.42. The van der Waals surface area contributed by atoms with E-state index in [4.69, 9.17) is 32.7 Å². The highest BCUT2D eigenvalue weighted by atomic mass is 35.5. The number of aryl methyl sites for hydroxylation is 1. The average Bonchev–Trinajstić information content (AvgIpc) is 2.51. The number of aromatic hydroxyl groups is 1. The summed E-state index contributed by atoms with van der Waals surface area (Å²) >= 11 is 10.3. The van der Waals surface area contributed by atoms with E-state index < -0.39 is 13.4 Å². The highest BCUT2D eigenvalue weighted by Crippen LogP contribution is 2.37. The average molecular weight is 398 g/mol. The van der Waals surface area contributed by atoms with Crippen molar-refractivity contribution >= 4 is 42.0 Å². The number of hydrogen-bond donors (Lipinski definition) is 1. The summed E-state index contributed by atoms with van der Waals surface area (Å²) in [7, 11) is -4.14. The minimum Gasteiger partial charge on any atom is -0.756 e. The van der Waals surface area contributed by atoms with Gasteiger partial charge in [-0.2, -0.15) is 0 Å². The smallest absolute Gasteiger partial charge is 0.336 e. The fourth-order valence-electron chi connectivity index (χ4n) is 1.64. The Morgan fingerprint density at radius 2 is 1.79 bits per heavy atom. The Kier molecular flexibility index (Phi) is 8.76. The van der Waals surface area contributed by atoms with Gasteiger partial charge < -0.3 is 23.5 Å². The highest BCUT2D eigenvalue weighted by molar-refractivity contribution is 7.45. The summed E-state index contributed by atoms with van der Waals surface area (Å²) in [4.78, 5) is 21.6. The molecule has 0 saturated carbocycles. The quantitative estimate of drug-likeness (QED) is 0.453. The zero-order chi connectivity index (χ0) is 18.2. The van der Waals surface area contributed by atoms with Crippen LogP contribution >= 0.6 is 31.0 Å². The van der Waals surface area contributed by atoms with Crippen LogP contribution in [0.5, 0.6) is 5.75 Å². The first-order chi connectivity index (χ1) is 11.3. The van der Waals surface area contributed by atoms with E-state index in [0.29, 0.717) is 5.58 Å². The van der Waals surface area contributed by atoms with Gasteiger partial charge >= 0.3 is 5.63 Å². The molecule has 0 unspecified atom stereocenters. The van der Waals surface area contributed by atoms with Crippen LogP contribution in [0.1, 0.15) is 5.56 Å². The first kappa shape index (κ1) is 21.0. The van der Waals surface area contributed by atoms with Gasteiger partial charge in [0.15, 0.2) is 0 Å². The number of halogens is 2. The molecule has 0 amide bonds. The van der Waals surface area contributed by atoms with E-state index in [1.807, 2.05) is 6.92 Å². The molecule has 1 heterocycles. The molecule has 0 saturated heterocycles. The van der Waals surface area contributed by atoms with E-state index >= 15 is 0 Å². The van der Waals surface area contributed by atoms with Crippen LogP contribution in [0.25, 0.3) is 11.0 Å². The molecule has 1 N–H and O–H groups in total. The Bertz CT molecular complexity index is 750. The zero-order valence-corrected chi connectivity index (χ0v) is 15.1. The molecule has 0 fully saturated rings. The summed E-state index contributed by atoms with van der Waals surface area (Å²) in [6, 6.07) is 6.15. The Morgan fingerprint density at radius 1 is 1.21 bits per heavy atom. The molecule has 0 aliphatic carbocycles. The van der Waals surface area contributed by atoms with Crippen LogP contribution in [0.4, 0.5) is 0 Å². The van der Waals surface area contributed by atoms with Crippen molar-refractivity contribution in [1.82, 2.24) is 0 Å². The third kappa shape index (κ3) is 7.21. The second kappa shape index (κ2) is 10.0. The predicted octanol–water partition coefficient (Wildman–Crippen LogP) is 2.77. The third-order valence-electron chi connectivity index (χ3n) is 2.59. The minimum atomic E-state index is -4.14. The molecule has 24 heavy (non-hydrogen) atoms. The molecule has 1 aromatic carbocycles. The topological polar surface area (TPSA) is 109 Å². The summed E-state index contributed by atoms with van der Waals surface area (Å²) in [6.07, 6.45) is 0. The van der Waals surface area contributed by atoms with Crippen LogP contribution < -0.4 is 10.5 Å². The van der Waals surface area contributed by atoms with Crippen molar-refractivity contribution in [3.8, 4) is 5.75 Å². The van der Waals surface area contributed by atoms with Gasteiger partial charge in [0.05, 0.1) is 13.2 Å². The Hall–Kier alpha value is -1.08. The number of alkyl halides is 2. The van der Waals surface area contributed by atoms with Gasteiger partial charge in [-0.1, -0.05) is 0 Å². The monoisotopic (exact) mass is 397 g/mol. The summed E-state index contributed by atoms with van der Waals surface area (Å²) < 4.78 is 24.1. The van der Waals surface area contributed by atoms with E-state index in [2.05, 4.69) is 9.05 Å². The van der Waals surface area contributed by atoms with Crippen molar-refractivity contribution in [1.29, 1.82) is 0 Å². The second-order valence-corrected chi connectivity index (χ2v) is 6.59. The number of hydrogen-bond acceptors (Lipinski definition) is 7. The number of benzene rings is 1. The maximum atomic E-state index is 11.0.